The third-order valence-electron chi connectivity index (χ3n) is 3.64. The van der Waals surface area contributed by atoms with Crippen LogP contribution in [0.3, 0.4) is 0 Å². The van der Waals surface area contributed by atoms with E-state index in [2.05, 4.69) is 19.2 Å². The standard InChI is InChI=1S/C14H23NO2/c1-14(2)7-3-4-11(8-14)15-9-12-5-6-13(10-16)17-12/h5-6,11,15-16H,3-4,7-10H2,1-2H3. The maximum atomic E-state index is 8.92. The molecule has 0 aromatic carbocycles. The van der Waals surface area contributed by atoms with Crippen LogP contribution < -0.4 is 5.32 Å². The fourth-order valence-electron chi connectivity index (χ4n) is 2.72. The Hall–Kier alpha value is -0.800. The summed E-state index contributed by atoms with van der Waals surface area (Å²) in [5.41, 5.74) is 0.468. The van der Waals surface area contributed by atoms with Gasteiger partial charge in [0.05, 0.1) is 6.54 Å². The fraction of sp³-hybridized carbons (Fsp3) is 0.714. The van der Waals surface area contributed by atoms with Crippen LogP contribution in [0.1, 0.15) is 51.1 Å². The number of nitrogens with one attached hydrogen (secondary N) is 1. The Morgan fingerprint density at radius 1 is 1.41 bits per heavy atom. The van der Waals surface area contributed by atoms with Crippen molar-refractivity contribution in [2.75, 3.05) is 0 Å². The Morgan fingerprint density at radius 3 is 2.82 bits per heavy atom. The zero-order valence-corrected chi connectivity index (χ0v) is 10.8. The average molecular weight is 237 g/mol. The van der Waals surface area contributed by atoms with E-state index in [1.54, 1.807) is 0 Å². The SMILES string of the molecule is CC1(C)CCCC(NCc2ccc(CO)o2)C1. The molecule has 17 heavy (non-hydrogen) atoms. The number of aliphatic hydroxyl groups excluding tert-OH is 1. The number of aliphatic hydroxyl groups is 1. The lowest BCUT2D eigenvalue weighted by Gasteiger charge is -2.35. The molecule has 96 valence electrons. The van der Waals surface area contributed by atoms with E-state index in [1.165, 1.54) is 25.7 Å². The Kier molecular flexibility index (Phi) is 3.89. The van der Waals surface area contributed by atoms with Crippen LogP contribution in [-0.2, 0) is 13.2 Å². The molecule has 0 aliphatic heterocycles. The van der Waals surface area contributed by atoms with Crippen LogP contribution >= 0.6 is 0 Å². The summed E-state index contributed by atoms with van der Waals surface area (Å²) in [5, 5.41) is 12.5. The van der Waals surface area contributed by atoms with Crippen LogP contribution in [0, 0.1) is 5.41 Å². The third kappa shape index (κ3) is 3.58. The predicted molar refractivity (Wildman–Crippen MR) is 67.5 cm³/mol. The molecule has 1 aromatic heterocycles. The minimum Gasteiger partial charge on any atom is -0.462 e. The second-order valence-corrected chi connectivity index (χ2v) is 5.86. The molecular formula is C14H23NO2. The molecule has 1 saturated carbocycles. The highest BCUT2D eigenvalue weighted by atomic mass is 16.4. The van der Waals surface area contributed by atoms with Crippen molar-refractivity contribution in [2.24, 2.45) is 5.41 Å². The van der Waals surface area contributed by atoms with Crippen molar-refractivity contribution in [3.63, 3.8) is 0 Å². The molecule has 1 aliphatic rings. The lowest BCUT2D eigenvalue weighted by atomic mass is 9.75. The van der Waals surface area contributed by atoms with Crippen LogP contribution in [0.15, 0.2) is 16.5 Å². The Morgan fingerprint density at radius 2 is 2.18 bits per heavy atom. The summed E-state index contributed by atoms with van der Waals surface area (Å²) < 4.78 is 5.46. The summed E-state index contributed by atoms with van der Waals surface area (Å²) in [6.45, 7) is 5.44. The Bertz CT molecular complexity index is 357. The Balaban J connectivity index is 1.81. The van der Waals surface area contributed by atoms with E-state index in [0.29, 0.717) is 17.2 Å². The van der Waals surface area contributed by atoms with Crippen LogP contribution in [-0.4, -0.2) is 11.1 Å². The van der Waals surface area contributed by atoms with Gasteiger partial charge in [0.15, 0.2) is 0 Å². The molecule has 2 rings (SSSR count). The lowest BCUT2D eigenvalue weighted by molar-refractivity contribution is 0.194. The average Bonchev–Trinajstić information content (AvgIpc) is 2.73. The summed E-state index contributed by atoms with van der Waals surface area (Å²) in [6.07, 6.45) is 5.14. The van der Waals surface area contributed by atoms with Gasteiger partial charge < -0.3 is 14.8 Å². The van der Waals surface area contributed by atoms with Crippen LogP contribution in [0.4, 0.5) is 0 Å². The highest BCUT2D eigenvalue weighted by Crippen LogP contribution is 2.35. The van der Waals surface area contributed by atoms with E-state index < -0.39 is 0 Å². The summed E-state index contributed by atoms with van der Waals surface area (Å²) in [7, 11) is 0. The zero-order chi connectivity index (χ0) is 12.3. The molecule has 1 aliphatic carbocycles. The van der Waals surface area contributed by atoms with Gasteiger partial charge >= 0.3 is 0 Å². The first-order chi connectivity index (χ1) is 8.09. The molecule has 0 amide bonds. The van der Waals surface area contributed by atoms with Gasteiger partial charge in [0.1, 0.15) is 18.1 Å². The van der Waals surface area contributed by atoms with Crippen LogP contribution in [0.5, 0.6) is 0 Å². The largest absolute Gasteiger partial charge is 0.462 e. The summed E-state index contributed by atoms with van der Waals surface area (Å²) >= 11 is 0. The maximum absolute atomic E-state index is 8.92. The number of rotatable bonds is 4. The van der Waals surface area contributed by atoms with Gasteiger partial charge in [-0.1, -0.05) is 20.3 Å². The van der Waals surface area contributed by atoms with Gasteiger partial charge in [0.25, 0.3) is 0 Å². The smallest absolute Gasteiger partial charge is 0.129 e. The van der Waals surface area contributed by atoms with Gasteiger partial charge in [-0.15, -0.1) is 0 Å². The molecule has 1 heterocycles. The lowest BCUT2D eigenvalue weighted by Crippen LogP contribution is -2.36. The quantitative estimate of drug-likeness (QED) is 0.846. The van der Waals surface area contributed by atoms with Crippen molar-refractivity contribution >= 4 is 0 Å². The minimum atomic E-state index is -0.0174. The first-order valence-corrected chi connectivity index (χ1v) is 6.51. The van der Waals surface area contributed by atoms with Gasteiger partial charge in [-0.05, 0) is 36.8 Å². The molecule has 1 unspecified atom stereocenters. The topological polar surface area (TPSA) is 45.4 Å². The molecule has 1 atom stereocenters. The molecule has 0 spiro atoms. The van der Waals surface area contributed by atoms with Crippen molar-refractivity contribution in [3.05, 3.63) is 23.7 Å². The predicted octanol–water partition coefficient (Wildman–Crippen LogP) is 2.83. The molecule has 1 fully saturated rings. The molecule has 3 heteroatoms. The molecule has 3 nitrogen and oxygen atoms in total. The van der Waals surface area contributed by atoms with E-state index in [9.17, 15) is 0 Å². The monoisotopic (exact) mass is 237 g/mol. The van der Waals surface area contributed by atoms with Crippen LogP contribution in [0.25, 0.3) is 0 Å². The van der Waals surface area contributed by atoms with Gasteiger partial charge in [0, 0.05) is 6.04 Å². The minimum absolute atomic E-state index is 0.0174. The number of hydrogen-bond donors (Lipinski definition) is 2. The van der Waals surface area contributed by atoms with Crippen molar-refractivity contribution < 1.29 is 9.52 Å². The van der Waals surface area contributed by atoms with Gasteiger partial charge in [-0.2, -0.15) is 0 Å². The van der Waals surface area contributed by atoms with Crippen molar-refractivity contribution in [1.82, 2.24) is 5.32 Å². The van der Waals surface area contributed by atoms with Crippen LogP contribution in [0.2, 0.25) is 0 Å². The highest BCUT2D eigenvalue weighted by molar-refractivity contribution is 5.06. The maximum Gasteiger partial charge on any atom is 0.129 e. The van der Waals surface area contributed by atoms with Crippen molar-refractivity contribution in [2.45, 2.75) is 58.7 Å². The molecule has 0 bridgehead atoms. The van der Waals surface area contributed by atoms with Gasteiger partial charge in [-0.25, -0.2) is 0 Å². The van der Waals surface area contributed by atoms with E-state index in [4.69, 9.17) is 9.52 Å². The summed E-state index contributed by atoms with van der Waals surface area (Å²) in [5.74, 6) is 1.56. The van der Waals surface area contributed by atoms with Gasteiger partial charge in [0.2, 0.25) is 0 Å². The van der Waals surface area contributed by atoms with Crippen molar-refractivity contribution in [1.29, 1.82) is 0 Å². The molecular weight excluding hydrogens is 214 g/mol. The molecule has 0 saturated heterocycles. The van der Waals surface area contributed by atoms with E-state index in [-0.39, 0.29) is 6.61 Å². The van der Waals surface area contributed by atoms with Gasteiger partial charge in [-0.3, -0.25) is 0 Å². The van der Waals surface area contributed by atoms with E-state index in [1.807, 2.05) is 12.1 Å². The number of furan rings is 1. The summed E-state index contributed by atoms with van der Waals surface area (Å²) in [6, 6.07) is 4.37. The highest BCUT2D eigenvalue weighted by Gasteiger charge is 2.27. The zero-order valence-electron chi connectivity index (χ0n) is 10.8. The van der Waals surface area contributed by atoms with Crippen molar-refractivity contribution in [3.8, 4) is 0 Å². The normalized spacial score (nSPS) is 23.8. The third-order valence-corrected chi connectivity index (χ3v) is 3.64. The summed E-state index contributed by atoms with van der Waals surface area (Å²) in [4.78, 5) is 0. The first kappa shape index (κ1) is 12.7. The fourth-order valence-corrected chi connectivity index (χ4v) is 2.72. The van der Waals surface area contributed by atoms with E-state index >= 15 is 0 Å². The first-order valence-electron chi connectivity index (χ1n) is 6.51. The molecule has 2 N–H and O–H groups in total. The second-order valence-electron chi connectivity index (χ2n) is 5.86. The molecule has 1 aromatic rings. The second kappa shape index (κ2) is 5.23. The van der Waals surface area contributed by atoms with E-state index in [0.717, 1.165) is 12.3 Å². The number of hydrogen-bond acceptors (Lipinski definition) is 3. The molecule has 0 radical (unpaired) electrons. The Labute approximate surface area is 103 Å².